The van der Waals surface area contributed by atoms with Gasteiger partial charge in [0.15, 0.2) is 0 Å². The number of hydrogen-bond donors (Lipinski definition) is 0. The van der Waals surface area contributed by atoms with Crippen LogP contribution >= 0.6 is 11.8 Å². The maximum absolute atomic E-state index is 2.33. The molecule has 0 aliphatic heterocycles. The molecule has 104 valence electrons. The fourth-order valence-electron chi connectivity index (χ4n) is 1.95. The van der Waals surface area contributed by atoms with Gasteiger partial charge in [0.1, 0.15) is 0 Å². The first-order valence-corrected chi connectivity index (χ1v) is 7.89. The first-order chi connectivity index (χ1) is 9.83. The number of thioether (sulfide) groups is 1. The Morgan fingerprint density at radius 2 is 1.45 bits per heavy atom. The predicted octanol–water partition coefficient (Wildman–Crippen LogP) is 5.12. The van der Waals surface area contributed by atoms with Gasteiger partial charge in [-0.15, -0.1) is 0 Å². The highest BCUT2D eigenvalue weighted by molar-refractivity contribution is 8.08. The van der Waals surface area contributed by atoms with E-state index in [0.29, 0.717) is 0 Å². The lowest BCUT2D eigenvalue weighted by atomic mass is 10.2. The van der Waals surface area contributed by atoms with Crippen LogP contribution in [0.15, 0.2) is 71.8 Å². The second-order valence-electron chi connectivity index (χ2n) is 4.50. The van der Waals surface area contributed by atoms with Crippen LogP contribution in [0.2, 0.25) is 0 Å². The summed E-state index contributed by atoms with van der Waals surface area (Å²) in [6.07, 6.45) is 2.27. The van der Waals surface area contributed by atoms with Gasteiger partial charge in [0, 0.05) is 29.1 Å². The highest BCUT2D eigenvalue weighted by Crippen LogP contribution is 2.34. The second-order valence-corrected chi connectivity index (χ2v) is 5.61. The SMILES string of the molecule is CCN(/C=C(\Sc1ccccc1)c1ccccc1)CC. The lowest BCUT2D eigenvalue weighted by Crippen LogP contribution is -2.15. The summed E-state index contributed by atoms with van der Waals surface area (Å²) < 4.78 is 0. The van der Waals surface area contributed by atoms with Gasteiger partial charge in [-0.3, -0.25) is 0 Å². The molecule has 0 saturated heterocycles. The molecule has 0 aliphatic rings. The van der Waals surface area contributed by atoms with E-state index in [4.69, 9.17) is 0 Å². The van der Waals surface area contributed by atoms with Gasteiger partial charge in [-0.1, -0.05) is 60.3 Å². The maximum Gasteiger partial charge on any atom is 0.0353 e. The smallest absolute Gasteiger partial charge is 0.0353 e. The zero-order valence-electron chi connectivity index (χ0n) is 12.1. The molecule has 0 aromatic heterocycles. The van der Waals surface area contributed by atoms with Crippen LogP contribution in [0.3, 0.4) is 0 Å². The third-order valence-corrected chi connectivity index (χ3v) is 4.21. The van der Waals surface area contributed by atoms with Crippen molar-refractivity contribution in [1.82, 2.24) is 4.90 Å². The normalized spacial score (nSPS) is 11.4. The van der Waals surface area contributed by atoms with Crippen LogP contribution in [0, 0.1) is 0 Å². The van der Waals surface area contributed by atoms with Gasteiger partial charge in [-0.05, 0) is 31.5 Å². The molecule has 0 fully saturated rings. The van der Waals surface area contributed by atoms with Crippen LogP contribution in [0.4, 0.5) is 0 Å². The highest BCUT2D eigenvalue weighted by atomic mass is 32.2. The van der Waals surface area contributed by atoms with Crippen molar-refractivity contribution in [2.45, 2.75) is 18.7 Å². The molecule has 0 heterocycles. The molecule has 1 nitrogen and oxygen atoms in total. The van der Waals surface area contributed by atoms with Gasteiger partial charge in [0.05, 0.1) is 0 Å². The topological polar surface area (TPSA) is 3.24 Å². The zero-order valence-corrected chi connectivity index (χ0v) is 12.9. The Labute approximate surface area is 126 Å². The van der Waals surface area contributed by atoms with Crippen LogP contribution in [0.25, 0.3) is 4.91 Å². The standard InChI is InChI=1S/C18H21NS/c1-3-19(4-2)15-18(16-11-7-5-8-12-16)20-17-13-9-6-10-14-17/h5-15H,3-4H2,1-2H3/b18-15-. The maximum atomic E-state index is 2.33. The highest BCUT2D eigenvalue weighted by Gasteiger charge is 2.05. The summed E-state index contributed by atoms with van der Waals surface area (Å²) in [4.78, 5) is 4.90. The van der Waals surface area contributed by atoms with Crippen molar-refractivity contribution in [2.24, 2.45) is 0 Å². The molecule has 0 spiro atoms. The van der Waals surface area contributed by atoms with Crippen molar-refractivity contribution in [3.05, 3.63) is 72.4 Å². The van der Waals surface area contributed by atoms with E-state index in [1.807, 2.05) is 11.8 Å². The molecule has 0 amide bonds. The molecule has 20 heavy (non-hydrogen) atoms. The van der Waals surface area contributed by atoms with Crippen molar-refractivity contribution in [2.75, 3.05) is 13.1 Å². The summed E-state index contributed by atoms with van der Waals surface area (Å²) in [5, 5.41) is 0. The molecule has 2 heteroatoms. The van der Waals surface area contributed by atoms with E-state index < -0.39 is 0 Å². The Morgan fingerprint density at radius 1 is 0.900 bits per heavy atom. The monoisotopic (exact) mass is 283 g/mol. The third kappa shape index (κ3) is 4.17. The van der Waals surface area contributed by atoms with Crippen LogP contribution in [-0.4, -0.2) is 18.0 Å². The van der Waals surface area contributed by atoms with Crippen LogP contribution in [-0.2, 0) is 0 Å². The molecule has 0 atom stereocenters. The summed E-state index contributed by atoms with van der Waals surface area (Å²) in [6, 6.07) is 21.1. The molecule has 2 aromatic rings. The predicted molar refractivity (Wildman–Crippen MR) is 89.6 cm³/mol. The Kier molecular flexibility index (Phi) is 5.75. The third-order valence-electron chi connectivity index (χ3n) is 3.14. The molecule has 0 saturated carbocycles. The van der Waals surface area contributed by atoms with Crippen LogP contribution < -0.4 is 0 Å². The Hall–Kier alpha value is -1.67. The fourth-order valence-corrected chi connectivity index (χ4v) is 2.95. The molecule has 0 radical (unpaired) electrons. The number of nitrogens with zero attached hydrogens (tertiary/aromatic N) is 1. The van der Waals surface area contributed by atoms with Crippen molar-refractivity contribution in [1.29, 1.82) is 0 Å². The largest absolute Gasteiger partial charge is 0.377 e. The van der Waals surface area contributed by atoms with Crippen LogP contribution in [0.5, 0.6) is 0 Å². The molecular formula is C18H21NS. The minimum Gasteiger partial charge on any atom is -0.377 e. The van der Waals surface area contributed by atoms with Gasteiger partial charge >= 0.3 is 0 Å². The summed E-state index contributed by atoms with van der Waals surface area (Å²) in [7, 11) is 0. The summed E-state index contributed by atoms with van der Waals surface area (Å²) in [5.74, 6) is 0. The van der Waals surface area contributed by atoms with E-state index in [9.17, 15) is 0 Å². The van der Waals surface area contributed by atoms with E-state index in [0.717, 1.165) is 13.1 Å². The van der Waals surface area contributed by atoms with E-state index in [1.165, 1.54) is 15.4 Å². The fraction of sp³-hybridized carbons (Fsp3) is 0.222. The minimum atomic E-state index is 1.03. The molecule has 0 bridgehead atoms. The van der Waals surface area contributed by atoms with Crippen molar-refractivity contribution in [3.8, 4) is 0 Å². The van der Waals surface area contributed by atoms with Crippen molar-refractivity contribution >= 4 is 16.7 Å². The number of rotatable bonds is 6. The van der Waals surface area contributed by atoms with E-state index in [-0.39, 0.29) is 0 Å². The number of hydrogen-bond acceptors (Lipinski definition) is 2. The Morgan fingerprint density at radius 3 is 2.00 bits per heavy atom. The lowest BCUT2D eigenvalue weighted by Gasteiger charge is -2.18. The average Bonchev–Trinajstić information content (AvgIpc) is 2.53. The Bertz CT molecular complexity index is 530. The molecule has 2 aromatic carbocycles. The summed E-state index contributed by atoms with van der Waals surface area (Å²) in [5.41, 5.74) is 1.27. The minimum absolute atomic E-state index is 1.03. The van der Waals surface area contributed by atoms with Gasteiger partial charge < -0.3 is 4.90 Å². The van der Waals surface area contributed by atoms with Gasteiger partial charge in [-0.2, -0.15) is 0 Å². The van der Waals surface area contributed by atoms with E-state index >= 15 is 0 Å². The van der Waals surface area contributed by atoms with Gasteiger partial charge in [-0.25, -0.2) is 0 Å². The average molecular weight is 283 g/mol. The van der Waals surface area contributed by atoms with Crippen molar-refractivity contribution in [3.63, 3.8) is 0 Å². The van der Waals surface area contributed by atoms with E-state index in [1.54, 1.807) is 0 Å². The van der Waals surface area contributed by atoms with E-state index in [2.05, 4.69) is 85.6 Å². The molecule has 0 unspecified atom stereocenters. The lowest BCUT2D eigenvalue weighted by molar-refractivity contribution is 0.421. The molecule has 2 rings (SSSR count). The summed E-state index contributed by atoms with van der Waals surface area (Å²) in [6.45, 7) is 6.44. The molecule has 0 aliphatic carbocycles. The van der Waals surface area contributed by atoms with Crippen LogP contribution in [0.1, 0.15) is 19.4 Å². The first-order valence-electron chi connectivity index (χ1n) is 7.07. The molecular weight excluding hydrogens is 262 g/mol. The second kappa shape index (κ2) is 7.81. The zero-order chi connectivity index (χ0) is 14.2. The van der Waals surface area contributed by atoms with Gasteiger partial charge in [0.2, 0.25) is 0 Å². The van der Waals surface area contributed by atoms with Gasteiger partial charge in [0.25, 0.3) is 0 Å². The molecule has 0 N–H and O–H groups in total. The van der Waals surface area contributed by atoms with Crippen molar-refractivity contribution < 1.29 is 0 Å². The Balaban J connectivity index is 2.29. The first kappa shape index (κ1) is 14.7. The quantitative estimate of drug-likeness (QED) is 0.677. The number of benzene rings is 2. The summed E-state index contributed by atoms with van der Waals surface area (Å²) >= 11 is 1.82.